The van der Waals surface area contributed by atoms with E-state index < -0.39 is 24.3 Å². The zero-order chi connectivity index (χ0) is 17.1. The molecule has 0 aliphatic heterocycles. The summed E-state index contributed by atoms with van der Waals surface area (Å²) in [5.74, 6) is -1.89. The maximum absolute atomic E-state index is 13.1. The first-order chi connectivity index (χ1) is 11.5. The summed E-state index contributed by atoms with van der Waals surface area (Å²) in [6, 6.07) is 10.8. The number of benzene rings is 2. The average Bonchev–Trinajstić information content (AvgIpc) is 3.00. The molecule has 2 aromatic carbocycles. The van der Waals surface area contributed by atoms with Crippen molar-refractivity contribution in [1.29, 1.82) is 0 Å². The summed E-state index contributed by atoms with van der Waals surface area (Å²) < 4.78 is 18.0. The van der Waals surface area contributed by atoms with Crippen LogP contribution in [0.4, 0.5) is 10.1 Å². The van der Waals surface area contributed by atoms with Gasteiger partial charge in [-0.1, -0.05) is 29.8 Å². The number of esters is 1. The van der Waals surface area contributed by atoms with Crippen LogP contribution in [0.1, 0.15) is 10.5 Å². The van der Waals surface area contributed by atoms with Gasteiger partial charge in [-0.3, -0.25) is 9.89 Å². The third-order valence-corrected chi connectivity index (χ3v) is 3.49. The number of hydrogen-bond donors (Lipinski definition) is 2. The number of halogens is 2. The Balaban J connectivity index is 1.61. The van der Waals surface area contributed by atoms with E-state index in [1.807, 2.05) is 0 Å². The second-order valence-corrected chi connectivity index (χ2v) is 5.28. The second-order valence-electron chi connectivity index (χ2n) is 4.87. The predicted molar refractivity (Wildman–Crippen MR) is 86.4 cm³/mol. The van der Waals surface area contributed by atoms with E-state index in [-0.39, 0.29) is 10.7 Å². The van der Waals surface area contributed by atoms with Crippen molar-refractivity contribution < 1.29 is 18.7 Å². The fraction of sp³-hybridized carbons (Fsp3) is 0.0625. The minimum atomic E-state index is -0.722. The molecular formula is C16H11ClFN3O3. The lowest BCUT2D eigenvalue weighted by molar-refractivity contribution is -0.119. The number of H-pyrrole nitrogens is 1. The fourth-order valence-electron chi connectivity index (χ4n) is 2.09. The van der Waals surface area contributed by atoms with Gasteiger partial charge >= 0.3 is 5.97 Å². The first kappa shape index (κ1) is 15.9. The van der Waals surface area contributed by atoms with Gasteiger partial charge in [-0.15, -0.1) is 0 Å². The molecule has 0 saturated carbocycles. The van der Waals surface area contributed by atoms with Crippen molar-refractivity contribution in [2.24, 2.45) is 0 Å². The molecule has 2 N–H and O–H groups in total. The van der Waals surface area contributed by atoms with E-state index in [1.54, 1.807) is 24.3 Å². The van der Waals surface area contributed by atoms with Crippen LogP contribution in [0.25, 0.3) is 10.9 Å². The van der Waals surface area contributed by atoms with Crippen LogP contribution in [0.15, 0.2) is 42.5 Å². The molecule has 0 aliphatic carbocycles. The monoisotopic (exact) mass is 347 g/mol. The standard InChI is InChI=1S/C16H11ClFN3O3/c17-11-7-9(5-6-12(11)18)19-14(22)8-24-16(23)15-10-3-1-2-4-13(10)20-21-15/h1-7H,8H2,(H,19,22)(H,20,21). The zero-order valence-electron chi connectivity index (χ0n) is 12.2. The Bertz CT molecular complexity index is 926. The van der Waals surface area contributed by atoms with Gasteiger partial charge in [-0.2, -0.15) is 5.10 Å². The van der Waals surface area contributed by atoms with Crippen molar-refractivity contribution in [3.63, 3.8) is 0 Å². The maximum atomic E-state index is 13.1. The van der Waals surface area contributed by atoms with Crippen molar-refractivity contribution in [3.8, 4) is 0 Å². The van der Waals surface area contributed by atoms with Crippen molar-refractivity contribution in [2.75, 3.05) is 11.9 Å². The molecule has 1 aromatic heterocycles. The molecule has 6 nitrogen and oxygen atoms in total. The van der Waals surface area contributed by atoms with Crippen LogP contribution in [0.5, 0.6) is 0 Å². The summed E-state index contributed by atoms with van der Waals surface area (Å²) in [6.07, 6.45) is 0. The summed E-state index contributed by atoms with van der Waals surface area (Å²) in [5.41, 5.74) is 1.09. The van der Waals surface area contributed by atoms with E-state index in [0.29, 0.717) is 16.6 Å². The highest BCUT2D eigenvalue weighted by Gasteiger charge is 2.16. The Morgan fingerprint density at radius 2 is 2.04 bits per heavy atom. The topological polar surface area (TPSA) is 84.1 Å². The molecule has 0 aliphatic rings. The van der Waals surface area contributed by atoms with Crippen LogP contribution in [-0.4, -0.2) is 28.7 Å². The number of amides is 1. The van der Waals surface area contributed by atoms with E-state index in [4.69, 9.17) is 16.3 Å². The van der Waals surface area contributed by atoms with Crippen LogP contribution in [0.3, 0.4) is 0 Å². The van der Waals surface area contributed by atoms with Gasteiger partial charge < -0.3 is 10.1 Å². The zero-order valence-corrected chi connectivity index (χ0v) is 12.9. The number of carbonyl (C=O) groups is 2. The van der Waals surface area contributed by atoms with Crippen LogP contribution in [0, 0.1) is 5.82 Å². The molecule has 0 radical (unpaired) electrons. The van der Waals surface area contributed by atoms with Gasteiger partial charge in [-0.25, -0.2) is 9.18 Å². The van der Waals surface area contributed by atoms with Gasteiger partial charge in [0.15, 0.2) is 12.3 Å². The summed E-state index contributed by atoms with van der Waals surface area (Å²) in [5, 5.41) is 9.53. The Morgan fingerprint density at radius 3 is 2.83 bits per heavy atom. The predicted octanol–water partition coefficient (Wildman–Crippen LogP) is 3.15. The van der Waals surface area contributed by atoms with Crippen LogP contribution in [0.2, 0.25) is 5.02 Å². The molecule has 3 rings (SSSR count). The summed E-state index contributed by atoms with van der Waals surface area (Å²) in [4.78, 5) is 23.8. The van der Waals surface area contributed by atoms with E-state index in [1.165, 1.54) is 12.1 Å². The molecule has 0 saturated heterocycles. The first-order valence-corrected chi connectivity index (χ1v) is 7.27. The number of nitrogens with zero attached hydrogens (tertiary/aromatic N) is 1. The van der Waals surface area contributed by atoms with Crippen LogP contribution >= 0.6 is 11.6 Å². The average molecular weight is 348 g/mol. The molecule has 3 aromatic rings. The van der Waals surface area contributed by atoms with Crippen LogP contribution < -0.4 is 5.32 Å². The number of fused-ring (bicyclic) bond motifs is 1. The lowest BCUT2D eigenvalue weighted by Gasteiger charge is -2.06. The SMILES string of the molecule is O=C(COC(=O)c1n[nH]c2ccccc12)Nc1ccc(F)c(Cl)c1. The third kappa shape index (κ3) is 3.36. The molecular weight excluding hydrogens is 337 g/mol. The molecule has 1 heterocycles. The van der Waals surface area contributed by atoms with Crippen molar-refractivity contribution in [2.45, 2.75) is 0 Å². The third-order valence-electron chi connectivity index (χ3n) is 3.20. The number of nitrogens with one attached hydrogen (secondary N) is 2. The normalized spacial score (nSPS) is 10.6. The highest BCUT2D eigenvalue weighted by molar-refractivity contribution is 6.31. The number of hydrogen-bond acceptors (Lipinski definition) is 4. The Kier molecular flexibility index (Phi) is 4.43. The number of carbonyl (C=O) groups excluding carboxylic acids is 2. The number of ether oxygens (including phenoxy) is 1. The van der Waals surface area contributed by atoms with Gasteiger partial charge in [-0.05, 0) is 24.3 Å². The summed E-state index contributed by atoms with van der Waals surface area (Å²) in [6.45, 7) is -0.505. The minimum Gasteiger partial charge on any atom is -0.451 e. The quantitative estimate of drug-likeness (QED) is 0.710. The number of para-hydroxylation sites is 1. The Morgan fingerprint density at radius 1 is 1.25 bits per heavy atom. The fourth-order valence-corrected chi connectivity index (χ4v) is 2.27. The van der Waals surface area contributed by atoms with Gasteiger partial charge in [0.05, 0.1) is 10.5 Å². The smallest absolute Gasteiger partial charge is 0.359 e. The highest BCUT2D eigenvalue weighted by Crippen LogP contribution is 2.19. The van der Waals surface area contributed by atoms with Gasteiger partial charge in [0.25, 0.3) is 5.91 Å². The lowest BCUT2D eigenvalue weighted by atomic mass is 10.2. The first-order valence-electron chi connectivity index (χ1n) is 6.90. The number of aromatic amines is 1. The van der Waals surface area contributed by atoms with E-state index in [2.05, 4.69) is 15.5 Å². The second kappa shape index (κ2) is 6.67. The molecule has 1 amide bonds. The van der Waals surface area contributed by atoms with Crippen molar-refractivity contribution in [1.82, 2.24) is 10.2 Å². The van der Waals surface area contributed by atoms with E-state index in [0.717, 1.165) is 6.07 Å². The van der Waals surface area contributed by atoms with Crippen LogP contribution in [-0.2, 0) is 9.53 Å². The Hall–Kier alpha value is -2.93. The number of aromatic nitrogens is 2. The molecule has 122 valence electrons. The van der Waals surface area contributed by atoms with Gasteiger partial charge in [0.1, 0.15) is 5.82 Å². The van der Waals surface area contributed by atoms with E-state index >= 15 is 0 Å². The Labute approximate surface area is 140 Å². The molecule has 24 heavy (non-hydrogen) atoms. The minimum absolute atomic E-state index is 0.100. The highest BCUT2D eigenvalue weighted by atomic mass is 35.5. The molecule has 8 heteroatoms. The number of rotatable bonds is 4. The van der Waals surface area contributed by atoms with Gasteiger partial charge in [0, 0.05) is 11.1 Å². The van der Waals surface area contributed by atoms with E-state index in [9.17, 15) is 14.0 Å². The summed E-state index contributed by atoms with van der Waals surface area (Å²) in [7, 11) is 0. The molecule has 0 spiro atoms. The molecule has 0 atom stereocenters. The number of anilines is 1. The molecule has 0 bridgehead atoms. The maximum Gasteiger partial charge on any atom is 0.359 e. The molecule has 0 fully saturated rings. The van der Waals surface area contributed by atoms with Crippen molar-refractivity contribution in [3.05, 3.63) is 59.0 Å². The largest absolute Gasteiger partial charge is 0.451 e. The van der Waals surface area contributed by atoms with Crippen molar-refractivity contribution >= 4 is 40.1 Å². The lowest BCUT2D eigenvalue weighted by Crippen LogP contribution is -2.21. The summed E-state index contributed by atoms with van der Waals surface area (Å²) >= 11 is 5.62. The van der Waals surface area contributed by atoms with Gasteiger partial charge in [0.2, 0.25) is 0 Å². The molecule has 0 unspecified atom stereocenters.